The Balaban J connectivity index is 1.38. The molecule has 4 amide bonds. The zero-order valence-electron chi connectivity index (χ0n) is 25.6. The average molecular weight is 662 g/mol. The fourth-order valence-electron chi connectivity index (χ4n) is 4.25. The third-order valence-corrected chi connectivity index (χ3v) is 6.64. The zero-order chi connectivity index (χ0) is 34.8. The van der Waals surface area contributed by atoms with Crippen LogP contribution in [0.1, 0.15) is 31.8 Å². The van der Waals surface area contributed by atoms with Crippen molar-refractivity contribution in [2.75, 3.05) is 35.0 Å². The highest BCUT2D eigenvalue weighted by Crippen LogP contribution is 2.30. The van der Waals surface area contributed by atoms with E-state index in [0.717, 1.165) is 24.3 Å². The monoisotopic (exact) mass is 661 g/mol. The number of hydrogen-bond donors (Lipinski definition) is 5. The topological polar surface area (TPSA) is 163 Å². The summed E-state index contributed by atoms with van der Waals surface area (Å²) in [6, 6.07) is 14.2. The number of methoxy groups -OCH3 is 1. The van der Waals surface area contributed by atoms with Crippen molar-refractivity contribution in [3.63, 3.8) is 0 Å². The average Bonchev–Trinajstić information content (AvgIpc) is 3.06. The Morgan fingerprint density at radius 3 is 2.21 bits per heavy atom. The van der Waals surface area contributed by atoms with E-state index in [1.807, 2.05) is 0 Å². The van der Waals surface area contributed by atoms with Gasteiger partial charge in [0, 0.05) is 35.3 Å². The van der Waals surface area contributed by atoms with Gasteiger partial charge in [0.15, 0.2) is 0 Å². The summed E-state index contributed by atoms with van der Waals surface area (Å²) in [5.74, 6) is -2.15. The largest absolute Gasteiger partial charge is 0.416 e. The lowest BCUT2D eigenvalue weighted by atomic mass is 10.1. The molecule has 15 heteroatoms. The Labute approximate surface area is 272 Å². The first-order valence-electron chi connectivity index (χ1n) is 14.2. The van der Waals surface area contributed by atoms with Gasteiger partial charge >= 0.3 is 6.18 Å². The molecule has 3 aromatic carbocycles. The summed E-state index contributed by atoms with van der Waals surface area (Å²) in [6.45, 7) is 5.00. The van der Waals surface area contributed by atoms with Gasteiger partial charge in [-0.05, 0) is 67.1 Å². The molecular formula is C33H30F3N7O5. The number of aryl methyl sites for hydroxylation is 1. The van der Waals surface area contributed by atoms with E-state index < -0.39 is 41.4 Å². The fraction of sp³-hybridized carbons (Fsp3) is 0.152. The maximum Gasteiger partial charge on any atom is 0.416 e. The second kappa shape index (κ2) is 15.5. The van der Waals surface area contributed by atoms with Gasteiger partial charge < -0.3 is 31.3 Å². The molecule has 1 heterocycles. The number of carbonyl (C=O) groups excluding carboxylic acids is 4. The van der Waals surface area contributed by atoms with Gasteiger partial charge in [0.1, 0.15) is 6.04 Å². The standard InChI is InChI=1S/C33H30F3N7O5/c1-4-28(44)43-27(18-48-3)31(47)40-22-9-6-10-23(14-22)42-32-37-16-25(17-38-32)41-30(46)26-15-24(12-11-19(26)2)39-29(45)20-7-5-8-21(13-20)33(34,35)36/h4-17,27H,1,18H2,2-3H3,(H,39,45)(H,40,47)(H,41,46)(H,43,44)(H,37,38,42)/t27-/m0/s1. The zero-order valence-corrected chi connectivity index (χ0v) is 25.6. The summed E-state index contributed by atoms with van der Waals surface area (Å²) in [6.07, 6.45) is -0.820. The van der Waals surface area contributed by atoms with Gasteiger partial charge in [0.2, 0.25) is 17.8 Å². The van der Waals surface area contributed by atoms with E-state index in [2.05, 4.69) is 43.1 Å². The van der Waals surface area contributed by atoms with E-state index in [1.54, 1.807) is 37.3 Å². The number of aromatic nitrogens is 2. The smallest absolute Gasteiger partial charge is 0.382 e. The Morgan fingerprint density at radius 1 is 0.854 bits per heavy atom. The lowest BCUT2D eigenvalue weighted by Gasteiger charge is -2.17. The van der Waals surface area contributed by atoms with Crippen molar-refractivity contribution < 1.29 is 37.1 Å². The highest BCUT2D eigenvalue weighted by molar-refractivity contribution is 6.08. The molecule has 12 nitrogen and oxygen atoms in total. The van der Waals surface area contributed by atoms with Crippen molar-refractivity contribution >= 4 is 52.3 Å². The molecule has 48 heavy (non-hydrogen) atoms. The molecule has 248 valence electrons. The van der Waals surface area contributed by atoms with Crippen LogP contribution in [0.15, 0.2) is 91.8 Å². The molecule has 4 aromatic rings. The van der Waals surface area contributed by atoms with E-state index in [9.17, 15) is 32.3 Å². The Hall–Kier alpha value is -6.09. The molecule has 0 aliphatic rings. The molecule has 0 spiro atoms. The van der Waals surface area contributed by atoms with Crippen molar-refractivity contribution in [1.82, 2.24) is 15.3 Å². The van der Waals surface area contributed by atoms with Crippen LogP contribution in [-0.2, 0) is 20.5 Å². The van der Waals surface area contributed by atoms with Gasteiger partial charge in [-0.25, -0.2) is 9.97 Å². The van der Waals surface area contributed by atoms with Crippen LogP contribution in [0.4, 0.5) is 41.9 Å². The summed E-state index contributed by atoms with van der Waals surface area (Å²) in [5, 5.41) is 13.4. The Bertz CT molecular complexity index is 1830. The first-order valence-corrected chi connectivity index (χ1v) is 14.2. The first-order chi connectivity index (χ1) is 22.9. The molecule has 5 N–H and O–H groups in total. The maximum absolute atomic E-state index is 13.1. The van der Waals surface area contributed by atoms with Gasteiger partial charge in [-0.2, -0.15) is 13.2 Å². The number of nitrogens with zero attached hydrogens (tertiary/aromatic N) is 2. The molecule has 0 aliphatic carbocycles. The van der Waals surface area contributed by atoms with Crippen LogP contribution in [0.2, 0.25) is 0 Å². The van der Waals surface area contributed by atoms with Crippen LogP contribution in [0.5, 0.6) is 0 Å². The number of halogens is 3. The molecule has 4 rings (SSSR count). The van der Waals surface area contributed by atoms with Crippen LogP contribution in [0.25, 0.3) is 0 Å². The third kappa shape index (κ3) is 9.46. The lowest BCUT2D eigenvalue weighted by Crippen LogP contribution is -2.46. The molecule has 1 aromatic heterocycles. The predicted octanol–water partition coefficient (Wildman–Crippen LogP) is 5.31. The number of amides is 4. The summed E-state index contributed by atoms with van der Waals surface area (Å²) >= 11 is 0. The van der Waals surface area contributed by atoms with Crippen molar-refractivity contribution in [2.45, 2.75) is 19.1 Å². The van der Waals surface area contributed by atoms with E-state index in [-0.39, 0.29) is 35.1 Å². The lowest BCUT2D eigenvalue weighted by molar-refractivity contribution is -0.137. The van der Waals surface area contributed by atoms with Crippen molar-refractivity contribution in [3.8, 4) is 0 Å². The molecule has 0 unspecified atom stereocenters. The molecule has 0 aliphatic heterocycles. The first kappa shape index (κ1) is 34.8. The van der Waals surface area contributed by atoms with Gasteiger partial charge in [-0.3, -0.25) is 19.2 Å². The Kier molecular flexibility index (Phi) is 11.2. The normalized spacial score (nSPS) is 11.5. The maximum atomic E-state index is 13.1. The predicted molar refractivity (Wildman–Crippen MR) is 173 cm³/mol. The molecule has 0 radical (unpaired) electrons. The van der Waals surface area contributed by atoms with Gasteiger partial charge in [-0.15, -0.1) is 0 Å². The number of ether oxygens (including phenoxy) is 1. The summed E-state index contributed by atoms with van der Waals surface area (Å²) in [5.41, 5.74) is 1.05. The summed E-state index contributed by atoms with van der Waals surface area (Å²) < 4.78 is 44.2. The minimum absolute atomic E-state index is 0.0506. The number of alkyl halides is 3. The third-order valence-electron chi connectivity index (χ3n) is 6.64. The SMILES string of the molecule is C=CC(=O)N[C@@H](COC)C(=O)Nc1cccc(Nc2ncc(NC(=O)c3cc(NC(=O)c4cccc(C(F)(F)F)c4)ccc3C)cn2)c1. The van der Waals surface area contributed by atoms with Gasteiger partial charge in [-0.1, -0.05) is 24.8 Å². The minimum Gasteiger partial charge on any atom is -0.382 e. The molecule has 0 bridgehead atoms. The summed E-state index contributed by atoms with van der Waals surface area (Å²) in [7, 11) is 1.40. The van der Waals surface area contributed by atoms with E-state index in [1.165, 1.54) is 37.7 Å². The number of anilines is 5. The molecule has 1 atom stereocenters. The van der Waals surface area contributed by atoms with Crippen molar-refractivity contribution in [2.24, 2.45) is 0 Å². The van der Waals surface area contributed by atoms with Crippen LogP contribution < -0.4 is 26.6 Å². The van der Waals surface area contributed by atoms with Gasteiger partial charge in [0.05, 0.1) is 30.3 Å². The quantitative estimate of drug-likeness (QED) is 0.128. The van der Waals surface area contributed by atoms with Crippen molar-refractivity contribution in [1.29, 1.82) is 0 Å². The number of benzene rings is 3. The fourth-order valence-corrected chi connectivity index (χ4v) is 4.25. The van der Waals surface area contributed by atoms with E-state index in [0.29, 0.717) is 16.9 Å². The number of nitrogens with one attached hydrogen (secondary N) is 5. The number of hydrogen-bond acceptors (Lipinski definition) is 8. The second-order valence-electron chi connectivity index (χ2n) is 10.2. The van der Waals surface area contributed by atoms with Crippen LogP contribution in [0.3, 0.4) is 0 Å². The number of carbonyl (C=O) groups is 4. The highest BCUT2D eigenvalue weighted by Gasteiger charge is 2.31. The number of rotatable bonds is 12. The van der Waals surface area contributed by atoms with E-state index >= 15 is 0 Å². The van der Waals surface area contributed by atoms with E-state index in [4.69, 9.17) is 4.74 Å². The highest BCUT2D eigenvalue weighted by atomic mass is 19.4. The van der Waals surface area contributed by atoms with Crippen molar-refractivity contribution in [3.05, 3.63) is 114 Å². The second-order valence-corrected chi connectivity index (χ2v) is 10.2. The molecule has 0 fully saturated rings. The molecule has 0 saturated heterocycles. The Morgan fingerprint density at radius 2 is 1.52 bits per heavy atom. The molecular weight excluding hydrogens is 631 g/mol. The van der Waals surface area contributed by atoms with Crippen LogP contribution in [0, 0.1) is 6.92 Å². The van der Waals surface area contributed by atoms with Crippen LogP contribution in [-0.4, -0.2) is 53.4 Å². The minimum atomic E-state index is -4.60. The van der Waals surface area contributed by atoms with Crippen LogP contribution >= 0.6 is 0 Å². The summed E-state index contributed by atoms with van der Waals surface area (Å²) in [4.78, 5) is 58.4. The van der Waals surface area contributed by atoms with Gasteiger partial charge in [0.25, 0.3) is 11.8 Å². The molecule has 0 saturated carbocycles.